The Bertz CT molecular complexity index is 517. The molecule has 0 aromatic carbocycles. The lowest BCUT2D eigenvalue weighted by Crippen LogP contribution is -2.33. The lowest BCUT2D eigenvalue weighted by Gasteiger charge is -2.06. The Hall–Kier alpha value is -1.71. The average Bonchev–Trinajstić information content (AvgIpc) is 2.38. The summed E-state index contributed by atoms with van der Waals surface area (Å²) in [5, 5.41) is 2.49. The third-order valence-corrected chi connectivity index (χ3v) is 3.50. The molecule has 9 heteroatoms. The highest BCUT2D eigenvalue weighted by Crippen LogP contribution is 2.04. The van der Waals surface area contributed by atoms with Gasteiger partial charge in [0, 0.05) is 18.3 Å². The van der Waals surface area contributed by atoms with E-state index in [9.17, 15) is 13.2 Å². The Morgan fingerprint density at radius 3 is 2.83 bits per heavy atom. The van der Waals surface area contributed by atoms with Crippen molar-refractivity contribution < 1.29 is 13.2 Å². The van der Waals surface area contributed by atoms with Crippen LogP contribution in [0.25, 0.3) is 0 Å². The molecule has 0 unspecified atom stereocenters. The van der Waals surface area contributed by atoms with Crippen LogP contribution >= 0.6 is 0 Å². The van der Waals surface area contributed by atoms with Crippen LogP contribution in [0.1, 0.15) is 10.4 Å². The maximum absolute atomic E-state index is 11.7. The fourth-order valence-electron chi connectivity index (χ4n) is 1.15. The van der Waals surface area contributed by atoms with E-state index in [1.807, 2.05) is 0 Å². The number of hydrazine groups is 1. The highest BCUT2D eigenvalue weighted by atomic mass is 32.2. The second kappa shape index (κ2) is 6.28. The van der Waals surface area contributed by atoms with Gasteiger partial charge in [-0.25, -0.2) is 24.0 Å². The molecular weight excluding hydrogens is 258 g/mol. The largest absolute Gasteiger partial charge is 0.351 e. The summed E-state index contributed by atoms with van der Waals surface area (Å²) in [5.41, 5.74) is 2.66. The first kappa shape index (κ1) is 14.4. The molecule has 0 aliphatic heterocycles. The van der Waals surface area contributed by atoms with Crippen molar-refractivity contribution in [2.24, 2.45) is 5.84 Å². The molecule has 0 fully saturated rings. The van der Waals surface area contributed by atoms with Crippen LogP contribution in [0.15, 0.2) is 18.3 Å². The molecular formula is C9H15N5O3S. The van der Waals surface area contributed by atoms with E-state index in [1.165, 1.54) is 25.4 Å². The number of amides is 1. The highest BCUT2D eigenvalue weighted by molar-refractivity contribution is 7.89. The van der Waals surface area contributed by atoms with Gasteiger partial charge in [-0.05, 0) is 19.2 Å². The molecule has 1 amide bonds. The number of hydrogen-bond acceptors (Lipinski definition) is 6. The van der Waals surface area contributed by atoms with Crippen LogP contribution in [-0.4, -0.2) is 38.7 Å². The van der Waals surface area contributed by atoms with Gasteiger partial charge in [0.05, 0.1) is 5.75 Å². The van der Waals surface area contributed by atoms with Crippen LogP contribution in [0.3, 0.4) is 0 Å². The topological polar surface area (TPSA) is 126 Å². The lowest BCUT2D eigenvalue weighted by atomic mass is 10.2. The molecule has 0 spiro atoms. The van der Waals surface area contributed by atoms with Crippen molar-refractivity contribution in [1.29, 1.82) is 0 Å². The van der Waals surface area contributed by atoms with E-state index < -0.39 is 10.0 Å². The first-order valence-corrected chi connectivity index (χ1v) is 6.76. The standard InChI is InChI=1S/C9H15N5O3S/c1-11-18(16,17)5-4-13-9(15)7-2-3-12-8(6-7)14-10/h2-3,6,11H,4-5,10H2,1H3,(H,12,14)(H,13,15). The number of sulfonamides is 1. The molecule has 0 bridgehead atoms. The Morgan fingerprint density at radius 2 is 2.22 bits per heavy atom. The summed E-state index contributed by atoms with van der Waals surface area (Å²) in [6, 6.07) is 2.96. The van der Waals surface area contributed by atoms with Crippen molar-refractivity contribution >= 4 is 21.7 Å². The average molecular weight is 273 g/mol. The summed E-state index contributed by atoms with van der Waals surface area (Å²) in [5.74, 6) is 4.95. The first-order chi connectivity index (χ1) is 8.48. The molecule has 100 valence electrons. The minimum Gasteiger partial charge on any atom is -0.351 e. The normalized spacial score (nSPS) is 11.0. The van der Waals surface area contributed by atoms with Gasteiger partial charge in [-0.1, -0.05) is 0 Å². The van der Waals surface area contributed by atoms with Crippen molar-refractivity contribution in [2.75, 3.05) is 24.8 Å². The maximum Gasteiger partial charge on any atom is 0.251 e. The lowest BCUT2D eigenvalue weighted by molar-refractivity contribution is 0.0956. The van der Waals surface area contributed by atoms with Gasteiger partial charge in [-0.2, -0.15) is 0 Å². The second-order valence-corrected chi connectivity index (χ2v) is 5.40. The zero-order valence-electron chi connectivity index (χ0n) is 9.80. The van der Waals surface area contributed by atoms with Gasteiger partial charge >= 0.3 is 0 Å². The number of anilines is 1. The summed E-state index contributed by atoms with van der Waals surface area (Å²) in [6.07, 6.45) is 1.43. The quantitative estimate of drug-likeness (QED) is 0.375. The van der Waals surface area contributed by atoms with Gasteiger partial charge in [-0.3, -0.25) is 4.79 Å². The third-order valence-electron chi connectivity index (χ3n) is 2.14. The fourth-order valence-corrected chi connectivity index (χ4v) is 1.73. The second-order valence-electron chi connectivity index (χ2n) is 3.35. The number of pyridine rings is 1. The number of nitrogens with zero attached hydrogens (tertiary/aromatic N) is 1. The minimum atomic E-state index is -3.32. The Balaban J connectivity index is 2.55. The predicted molar refractivity (Wildman–Crippen MR) is 67.2 cm³/mol. The summed E-state index contributed by atoms with van der Waals surface area (Å²) < 4.78 is 24.4. The molecule has 0 aliphatic rings. The third kappa shape index (κ3) is 4.28. The highest BCUT2D eigenvalue weighted by Gasteiger charge is 2.09. The first-order valence-electron chi connectivity index (χ1n) is 5.10. The minimum absolute atomic E-state index is 0.0235. The van der Waals surface area contributed by atoms with Crippen molar-refractivity contribution in [3.05, 3.63) is 23.9 Å². The van der Waals surface area contributed by atoms with Crippen LogP contribution in [0.5, 0.6) is 0 Å². The molecule has 18 heavy (non-hydrogen) atoms. The van der Waals surface area contributed by atoms with E-state index in [0.29, 0.717) is 11.4 Å². The summed E-state index contributed by atoms with van der Waals surface area (Å²) in [4.78, 5) is 15.5. The number of carbonyl (C=O) groups excluding carboxylic acids is 1. The van der Waals surface area contributed by atoms with Crippen LogP contribution in [0.2, 0.25) is 0 Å². The van der Waals surface area contributed by atoms with E-state index in [4.69, 9.17) is 5.84 Å². The number of hydrogen-bond donors (Lipinski definition) is 4. The molecule has 1 aromatic heterocycles. The smallest absolute Gasteiger partial charge is 0.251 e. The Kier molecular flexibility index (Phi) is 5.01. The van der Waals surface area contributed by atoms with Gasteiger partial charge in [0.25, 0.3) is 5.91 Å². The number of carbonyl (C=O) groups is 1. The molecule has 0 aliphatic carbocycles. The molecule has 0 saturated carbocycles. The van der Waals surface area contributed by atoms with Crippen molar-refractivity contribution in [3.8, 4) is 0 Å². The van der Waals surface area contributed by atoms with E-state index >= 15 is 0 Å². The Labute approximate surface area is 105 Å². The summed E-state index contributed by atoms with van der Waals surface area (Å²) in [6.45, 7) is 0.0235. The van der Waals surface area contributed by atoms with Crippen molar-refractivity contribution in [2.45, 2.75) is 0 Å². The zero-order chi connectivity index (χ0) is 13.6. The molecule has 5 N–H and O–H groups in total. The number of nitrogens with two attached hydrogens (primary N) is 1. The van der Waals surface area contributed by atoms with E-state index in [-0.39, 0.29) is 18.2 Å². The van der Waals surface area contributed by atoms with Gasteiger partial charge in [-0.15, -0.1) is 0 Å². The summed E-state index contributed by atoms with van der Waals surface area (Å²) in [7, 11) is -2.00. The molecule has 1 aromatic rings. The number of rotatable bonds is 6. The van der Waals surface area contributed by atoms with Gasteiger partial charge in [0.15, 0.2) is 0 Å². The van der Waals surface area contributed by atoms with Gasteiger partial charge in [0.2, 0.25) is 10.0 Å². The van der Waals surface area contributed by atoms with Crippen LogP contribution in [0, 0.1) is 0 Å². The molecule has 1 rings (SSSR count). The number of aromatic nitrogens is 1. The van der Waals surface area contributed by atoms with Crippen LogP contribution in [-0.2, 0) is 10.0 Å². The van der Waals surface area contributed by atoms with Crippen LogP contribution < -0.4 is 21.3 Å². The van der Waals surface area contributed by atoms with Crippen molar-refractivity contribution in [3.63, 3.8) is 0 Å². The molecule has 0 radical (unpaired) electrons. The van der Waals surface area contributed by atoms with Gasteiger partial charge in [0.1, 0.15) is 5.82 Å². The van der Waals surface area contributed by atoms with E-state index in [1.54, 1.807) is 0 Å². The number of nitrogens with one attached hydrogen (secondary N) is 3. The van der Waals surface area contributed by atoms with E-state index in [0.717, 1.165) is 0 Å². The molecule has 0 atom stereocenters. The molecule has 0 saturated heterocycles. The molecule has 8 nitrogen and oxygen atoms in total. The zero-order valence-corrected chi connectivity index (χ0v) is 10.6. The monoisotopic (exact) mass is 273 g/mol. The Morgan fingerprint density at radius 1 is 1.50 bits per heavy atom. The van der Waals surface area contributed by atoms with E-state index in [2.05, 4.69) is 20.4 Å². The fraction of sp³-hybridized carbons (Fsp3) is 0.333. The predicted octanol–water partition coefficient (Wildman–Crippen LogP) is -1.35. The van der Waals surface area contributed by atoms with Crippen molar-refractivity contribution in [1.82, 2.24) is 15.0 Å². The van der Waals surface area contributed by atoms with Crippen LogP contribution in [0.4, 0.5) is 5.82 Å². The SMILES string of the molecule is CNS(=O)(=O)CCNC(=O)c1ccnc(NN)c1. The summed E-state index contributed by atoms with van der Waals surface area (Å²) >= 11 is 0. The molecule has 1 heterocycles. The number of nitrogen functional groups attached to an aromatic ring is 1. The van der Waals surface area contributed by atoms with Gasteiger partial charge < -0.3 is 10.7 Å². The maximum atomic E-state index is 11.7.